The minimum atomic E-state index is -0.0564. The van der Waals surface area contributed by atoms with Gasteiger partial charge in [0.1, 0.15) is 0 Å². The van der Waals surface area contributed by atoms with Crippen LogP contribution in [0.2, 0.25) is 0 Å². The first-order valence-electron chi connectivity index (χ1n) is 5.73. The highest BCUT2D eigenvalue weighted by atomic mass is 16.5. The van der Waals surface area contributed by atoms with Crippen molar-refractivity contribution in [1.29, 1.82) is 0 Å². The summed E-state index contributed by atoms with van der Waals surface area (Å²) in [7, 11) is 0. The Morgan fingerprint density at radius 3 is 2.60 bits per heavy atom. The van der Waals surface area contributed by atoms with Gasteiger partial charge in [-0.1, -0.05) is 25.0 Å². The third-order valence-corrected chi connectivity index (χ3v) is 3.55. The van der Waals surface area contributed by atoms with Crippen LogP contribution >= 0.6 is 0 Å². The Morgan fingerprint density at radius 2 is 2.07 bits per heavy atom. The number of esters is 1. The fourth-order valence-corrected chi connectivity index (χ4v) is 2.41. The molecule has 2 heteroatoms. The summed E-state index contributed by atoms with van der Waals surface area (Å²) in [6, 6.07) is 0. The number of carbonyl (C=O) groups is 1. The van der Waals surface area contributed by atoms with Gasteiger partial charge in [0.25, 0.3) is 0 Å². The van der Waals surface area contributed by atoms with Crippen LogP contribution in [0.15, 0.2) is 11.1 Å². The van der Waals surface area contributed by atoms with Gasteiger partial charge in [-0.3, -0.25) is 4.79 Å². The molecular formula is C13H22O2. The molecule has 0 unspecified atom stereocenters. The van der Waals surface area contributed by atoms with Crippen molar-refractivity contribution < 1.29 is 9.53 Å². The highest BCUT2D eigenvalue weighted by Gasteiger charge is 2.40. The van der Waals surface area contributed by atoms with Crippen molar-refractivity contribution in [1.82, 2.24) is 0 Å². The number of allylic oxidation sites excluding steroid dienone is 1. The van der Waals surface area contributed by atoms with Crippen LogP contribution in [-0.4, -0.2) is 12.6 Å². The molecule has 1 aliphatic carbocycles. The fourth-order valence-electron chi connectivity index (χ4n) is 2.41. The second kappa shape index (κ2) is 4.38. The molecule has 0 amide bonds. The molecule has 0 bridgehead atoms. The molecule has 0 N–H and O–H groups in total. The zero-order chi connectivity index (χ0) is 11.6. The molecule has 0 radical (unpaired) electrons. The second-order valence-electron chi connectivity index (χ2n) is 5.14. The van der Waals surface area contributed by atoms with E-state index in [0.717, 1.165) is 12.8 Å². The minimum Gasteiger partial charge on any atom is -0.466 e. The molecule has 0 saturated heterocycles. The highest BCUT2D eigenvalue weighted by Crippen LogP contribution is 2.44. The zero-order valence-electron chi connectivity index (χ0n) is 10.5. The second-order valence-corrected chi connectivity index (χ2v) is 5.14. The number of ether oxygens (including phenoxy) is 1. The van der Waals surface area contributed by atoms with Gasteiger partial charge < -0.3 is 4.74 Å². The predicted molar refractivity (Wildman–Crippen MR) is 61.5 cm³/mol. The molecule has 1 atom stereocenters. The maximum Gasteiger partial charge on any atom is 0.313 e. The maximum atomic E-state index is 11.9. The van der Waals surface area contributed by atoms with Gasteiger partial charge in [0.05, 0.1) is 12.5 Å². The van der Waals surface area contributed by atoms with E-state index in [0.29, 0.717) is 6.61 Å². The van der Waals surface area contributed by atoms with Gasteiger partial charge in [0.2, 0.25) is 0 Å². The molecule has 0 aliphatic heterocycles. The summed E-state index contributed by atoms with van der Waals surface area (Å²) in [6.45, 7) is 10.8. The first kappa shape index (κ1) is 12.3. The summed E-state index contributed by atoms with van der Waals surface area (Å²) in [5.74, 6) is -0.106. The molecule has 15 heavy (non-hydrogen) atoms. The topological polar surface area (TPSA) is 26.3 Å². The van der Waals surface area contributed by atoms with Crippen LogP contribution in [0.25, 0.3) is 0 Å². The third-order valence-electron chi connectivity index (χ3n) is 3.55. The van der Waals surface area contributed by atoms with Crippen LogP contribution in [0.3, 0.4) is 0 Å². The first-order chi connectivity index (χ1) is 6.90. The Labute approximate surface area is 92.7 Å². The normalized spacial score (nSPS) is 25.3. The molecule has 1 aliphatic rings. The molecule has 86 valence electrons. The van der Waals surface area contributed by atoms with Gasteiger partial charge in [0, 0.05) is 0 Å². The lowest BCUT2D eigenvalue weighted by molar-refractivity contribution is -0.150. The molecule has 2 nitrogen and oxygen atoms in total. The van der Waals surface area contributed by atoms with Crippen molar-refractivity contribution in [2.75, 3.05) is 6.61 Å². The van der Waals surface area contributed by atoms with E-state index in [2.05, 4.69) is 27.7 Å². The Morgan fingerprint density at radius 1 is 1.47 bits per heavy atom. The van der Waals surface area contributed by atoms with E-state index in [1.54, 1.807) is 0 Å². The van der Waals surface area contributed by atoms with E-state index < -0.39 is 0 Å². The summed E-state index contributed by atoms with van der Waals surface area (Å²) < 4.78 is 5.16. The Kier molecular flexibility index (Phi) is 3.58. The molecule has 1 rings (SSSR count). The van der Waals surface area contributed by atoms with Crippen molar-refractivity contribution >= 4 is 5.97 Å². The largest absolute Gasteiger partial charge is 0.466 e. The van der Waals surface area contributed by atoms with Crippen LogP contribution in [0, 0.1) is 11.3 Å². The van der Waals surface area contributed by atoms with E-state index in [4.69, 9.17) is 4.74 Å². The summed E-state index contributed by atoms with van der Waals surface area (Å²) >= 11 is 0. The van der Waals surface area contributed by atoms with Gasteiger partial charge in [0.15, 0.2) is 0 Å². The number of hydrogen-bond donors (Lipinski definition) is 0. The molecule has 0 saturated carbocycles. The van der Waals surface area contributed by atoms with Gasteiger partial charge >= 0.3 is 5.97 Å². The van der Waals surface area contributed by atoms with Gasteiger partial charge in [-0.05, 0) is 39.0 Å². The van der Waals surface area contributed by atoms with Crippen LogP contribution in [0.4, 0.5) is 0 Å². The maximum absolute atomic E-state index is 11.9. The quantitative estimate of drug-likeness (QED) is 0.516. The van der Waals surface area contributed by atoms with E-state index in [1.165, 1.54) is 11.1 Å². The molecule has 0 aromatic rings. The Bertz CT molecular complexity index is 287. The van der Waals surface area contributed by atoms with Gasteiger partial charge in [-0.25, -0.2) is 0 Å². The third kappa shape index (κ3) is 2.42. The van der Waals surface area contributed by atoms with Crippen LogP contribution in [0.5, 0.6) is 0 Å². The van der Waals surface area contributed by atoms with Crippen molar-refractivity contribution in [3.63, 3.8) is 0 Å². The number of rotatable bonds is 2. The highest BCUT2D eigenvalue weighted by molar-refractivity contribution is 5.77. The van der Waals surface area contributed by atoms with E-state index in [-0.39, 0.29) is 17.3 Å². The molecule has 0 heterocycles. The first-order valence-corrected chi connectivity index (χ1v) is 5.73. The lowest BCUT2D eigenvalue weighted by atomic mass is 9.66. The van der Waals surface area contributed by atoms with E-state index in [1.807, 2.05) is 6.92 Å². The zero-order valence-corrected chi connectivity index (χ0v) is 10.5. The summed E-state index contributed by atoms with van der Waals surface area (Å²) in [5.41, 5.74) is 2.60. The molecule has 0 spiro atoms. The summed E-state index contributed by atoms with van der Waals surface area (Å²) in [6.07, 6.45) is 2.17. The van der Waals surface area contributed by atoms with E-state index in [9.17, 15) is 4.79 Å². The number of hydrogen-bond acceptors (Lipinski definition) is 2. The van der Waals surface area contributed by atoms with Crippen LogP contribution in [-0.2, 0) is 9.53 Å². The van der Waals surface area contributed by atoms with Gasteiger partial charge in [-0.2, -0.15) is 0 Å². The minimum absolute atomic E-state index is 0.0375. The van der Waals surface area contributed by atoms with Crippen molar-refractivity contribution in [2.24, 2.45) is 11.3 Å². The van der Waals surface area contributed by atoms with Gasteiger partial charge in [-0.15, -0.1) is 0 Å². The lowest BCUT2D eigenvalue weighted by Crippen LogP contribution is -2.36. The Balaban J connectivity index is 2.98. The van der Waals surface area contributed by atoms with Crippen LogP contribution in [0.1, 0.15) is 47.5 Å². The molecule has 0 aromatic carbocycles. The SMILES string of the molecule is CCOC(=O)[C@H]1C(C)=C(C)CCC1(C)C. The number of carbonyl (C=O) groups excluding carboxylic acids is 1. The summed E-state index contributed by atoms with van der Waals surface area (Å²) in [5, 5.41) is 0. The summed E-state index contributed by atoms with van der Waals surface area (Å²) in [4.78, 5) is 11.9. The standard InChI is InChI=1S/C13H22O2/c1-6-15-12(14)11-10(3)9(2)7-8-13(11,4)5/h11H,6-8H2,1-5H3/t11-/m1/s1. The van der Waals surface area contributed by atoms with Crippen molar-refractivity contribution in [3.8, 4) is 0 Å². The van der Waals surface area contributed by atoms with E-state index >= 15 is 0 Å². The molecule has 0 fully saturated rings. The molecular weight excluding hydrogens is 188 g/mol. The lowest BCUT2D eigenvalue weighted by Gasteiger charge is -2.38. The predicted octanol–water partition coefficient (Wildman–Crippen LogP) is 3.32. The van der Waals surface area contributed by atoms with Crippen molar-refractivity contribution in [3.05, 3.63) is 11.1 Å². The molecule has 0 aromatic heterocycles. The van der Waals surface area contributed by atoms with Crippen molar-refractivity contribution in [2.45, 2.75) is 47.5 Å². The average Bonchev–Trinajstić information content (AvgIpc) is 2.12. The average molecular weight is 210 g/mol. The smallest absolute Gasteiger partial charge is 0.313 e. The fraction of sp³-hybridized carbons (Fsp3) is 0.769. The monoisotopic (exact) mass is 210 g/mol. The Hall–Kier alpha value is -0.790. The van der Waals surface area contributed by atoms with Crippen LogP contribution < -0.4 is 0 Å².